The summed E-state index contributed by atoms with van der Waals surface area (Å²) in [6, 6.07) is 5.96. The number of ether oxygens (including phenoxy) is 1. The molecule has 0 saturated carbocycles. The first-order chi connectivity index (χ1) is 7.58. The van der Waals surface area contributed by atoms with Gasteiger partial charge < -0.3 is 9.64 Å². The second kappa shape index (κ2) is 5.89. The molecule has 0 saturated heterocycles. The molecule has 1 aromatic rings. The van der Waals surface area contributed by atoms with E-state index < -0.39 is 0 Å². The molecule has 0 aliphatic carbocycles. The van der Waals surface area contributed by atoms with Gasteiger partial charge in [0.1, 0.15) is 5.75 Å². The van der Waals surface area contributed by atoms with Crippen molar-refractivity contribution in [2.75, 3.05) is 19.5 Å². The normalized spacial score (nSPS) is 10.0. The Kier molecular flexibility index (Phi) is 4.80. The summed E-state index contributed by atoms with van der Waals surface area (Å²) in [4.78, 5) is 13.1. The van der Waals surface area contributed by atoms with Crippen molar-refractivity contribution in [1.82, 2.24) is 4.90 Å². The average molecular weight is 286 g/mol. The van der Waals surface area contributed by atoms with E-state index >= 15 is 0 Å². The number of methoxy groups -OCH3 is 1. The Balaban J connectivity index is 2.86. The molecule has 0 aliphatic rings. The Morgan fingerprint density at radius 3 is 2.75 bits per heavy atom. The SMILES string of the molecule is COc1ccc(C)cc1CN(C)C(=O)CBr. The number of carbonyl (C=O) groups excluding carboxylic acids is 1. The Morgan fingerprint density at radius 1 is 1.50 bits per heavy atom. The van der Waals surface area contributed by atoms with Gasteiger partial charge in [-0.1, -0.05) is 33.6 Å². The lowest BCUT2D eigenvalue weighted by molar-refractivity contribution is -0.127. The lowest BCUT2D eigenvalue weighted by Crippen LogP contribution is -2.27. The molecule has 0 aromatic heterocycles. The molecule has 1 rings (SSSR count). The zero-order valence-corrected chi connectivity index (χ0v) is 11.4. The van der Waals surface area contributed by atoms with Crippen LogP contribution in [0.5, 0.6) is 5.75 Å². The monoisotopic (exact) mass is 285 g/mol. The van der Waals surface area contributed by atoms with Gasteiger partial charge >= 0.3 is 0 Å². The highest BCUT2D eigenvalue weighted by Crippen LogP contribution is 2.21. The van der Waals surface area contributed by atoms with Crippen molar-refractivity contribution in [2.45, 2.75) is 13.5 Å². The van der Waals surface area contributed by atoms with Gasteiger partial charge in [0.25, 0.3) is 0 Å². The van der Waals surface area contributed by atoms with E-state index in [0.717, 1.165) is 16.9 Å². The molecule has 0 heterocycles. The second-order valence-corrected chi connectivity index (χ2v) is 4.26. The molecule has 1 aromatic carbocycles. The van der Waals surface area contributed by atoms with Crippen LogP contribution in [0.2, 0.25) is 0 Å². The summed E-state index contributed by atoms with van der Waals surface area (Å²) in [5.74, 6) is 0.878. The number of alkyl halides is 1. The van der Waals surface area contributed by atoms with E-state index in [4.69, 9.17) is 4.74 Å². The molecule has 0 atom stereocenters. The van der Waals surface area contributed by atoms with Crippen LogP contribution in [0.15, 0.2) is 18.2 Å². The summed E-state index contributed by atoms with van der Waals surface area (Å²) in [6.45, 7) is 2.59. The van der Waals surface area contributed by atoms with Gasteiger partial charge in [0.15, 0.2) is 0 Å². The maximum absolute atomic E-state index is 11.4. The lowest BCUT2D eigenvalue weighted by Gasteiger charge is -2.18. The molecular formula is C12H16BrNO2. The van der Waals surface area contributed by atoms with Crippen LogP contribution < -0.4 is 4.74 Å². The fourth-order valence-corrected chi connectivity index (χ4v) is 1.90. The van der Waals surface area contributed by atoms with Crippen LogP contribution in [-0.4, -0.2) is 30.3 Å². The van der Waals surface area contributed by atoms with E-state index in [1.165, 1.54) is 0 Å². The van der Waals surface area contributed by atoms with Gasteiger partial charge in [-0.25, -0.2) is 0 Å². The fraction of sp³-hybridized carbons (Fsp3) is 0.417. The summed E-state index contributed by atoms with van der Waals surface area (Å²) in [7, 11) is 3.42. The largest absolute Gasteiger partial charge is 0.496 e. The van der Waals surface area contributed by atoms with E-state index in [-0.39, 0.29) is 5.91 Å². The summed E-state index contributed by atoms with van der Waals surface area (Å²) >= 11 is 3.16. The first-order valence-electron chi connectivity index (χ1n) is 5.02. The van der Waals surface area contributed by atoms with E-state index in [2.05, 4.69) is 15.9 Å². The van der Waals surface area contributed by atoms with Crippen LogP contribution >= 0.6 is 15.9 Å². The van der Waals surface area contributed by atoms with Crippen molar-refractivity contribution in [2.24, 2.45) is 0 Å². The van der Waals surface area contributed by atoms with Gasteiger partial charge in [0.2, 0.25) is 5.91 Å². The Bertz CT molecular complexity index is 379. The van der Waals surface area contributed by atoms with Gasteiger partial charge in [-0.3, -0.25) is 4.79 Å². The maximum Gasteiger partial charge on any atom is 0.233 e. The summed E-state index contributed by atoms with van der Waals surface area (Å²) in [5, 5.41) is 0.345. The third-order valence-electron chi connectivity index (χ3n) is 2.38. The summed E-state index contributed by atoms with van der Waals surface area (Å²) in [5.41, 5.74) is 2.19. The van der Waals surface area contributed by atoms with Gasteiger partial charge in [-0.05, 0) is 13.0 Å². The van der Waals surface area contributed by atoms with Crippen LogP contribution in [0, 0.1) is 6.92 Å². The fourth-order valence-electron chi connectivity index (χ4n) is 1.48. The maximum atomic E-state index is 11.4. The minimum absolute atomic E-state index is 0.0589. The summed E-state index contributed by atoms with van der Waals surface area (Å²) < 4.78 is 5.26. The van der Waals surface area contributed by atoms with Crippen molar-refractivity contribution < 1.29 is 9.53 Å². The van der Waals surface area contributed by atoms with E-state index in [1.807, 2.05) is 25.1 Å². The third-order valence-corrected chi connectivity index (χ3v) is 2.86. The number of carbonyl (C=O) groups is 1. The molecule has 0 radical (unpaired) electrons. The first-order valence-corrected chi connectivity index (χ1v) is 6.14. The smallest absolute Gasteiger partial charge is 0.233 e. The molecule has 88 valence electrons. The highest BCUT2D eigenvalue weighted by atomic mass is 79.9. The molecule has 4 heteroatoms. The number of hydrogen-bond donors (Lipinski definition) is 0. The number of aryl methyl sites for hydroxylation is 1. The molecule has 1 amide bonds. The third kappa shape index (κ3) is 3.23. The number of rotatable bonds is 4. The molecule has 0 unspecified atom stereocenters. The Morgan fingerprint density at radius 2 is 2.19 bits per heavy atom. The van der Waals surface area contributed by atoms with Gasteiger partial charge in [0.05, 0.1) is 12.4 Å². The van der Waals surface area contributed by atoms with Crippen LogP contribution in [0.4, 0.5) is 0 Å². The molecule has 0 fully saturated rings. The van der Waals surface area contributed by atoms with Gasteiger partial charge in [-0.2, -0.15) is 0 Å². The molecule has 0 N–H and O–H groups in total. The Hall–Kier alpha value is -1.03. The first kappa shape index (κ1) is 13.0. The predicted octanol–water partition coefficient (Wildman–Crippen LogP) is 2.36. The van der Waals surface area contributed by atoms with Crippen molar-refractivity contribution in [3.63, 3.8) is 0 Å². The number of benzene rings is 1. The van der Waals surface area contributed by atoms with Crippen LogP contribution in [0.25, 0.3) is 0 Å². The van der Waals surface area contributed by atoms with E-state index in [1.54, 1.807) is 19.1 Å². The summed E-state index contributed by atoms with van der Waals surface area (Å²) in [6.07, 6.45) is 0. The second-order valence-electron chi connectivity index (χ2n) is 3.70. The zero-order valence-electron chi connectivity index (χ0n) is 9.79. The Labute approximate surface area is 105 Å². The number of hydrogen-bond acceptors (Lipinski definition) is 2. The van der Waals surface area contributed by atoms with Crippen molar-refractivity contribution in [3.8, 4) is 5.75 Å². The average Bonchev–Trinajstić information content (AvgIpc) is 2.28. The van der Waals surface area contributed by atoms with Gasteiger partial charge in [0, 0.05) is 19.2 Å². The van der Waals surface area contributed by atoms with E-state index in [0.29, 0.717) is 11.9 Å². The van der Waals surface area contributed by atoms with Crippen LogP contribution in [0.1, 0.15) is 11.1 Å². The van der Waals surface area contributed by atoms with Crippen molar-refractivity contribution >= 4 is 21.8 Å². The molecular weight excluding hydrogens is 270 g/mol. The quantitative estimate of drug-likeness (QED) is 0.795. The number of halogens is 1. The molecule has 3 nitrogen and oxygen atoms in total. The number of nitrogens with zero attached hydrogens (tertiary/aromatic N) is 1. The molecule has 0 bridgehead atoms. The molecule has 0 spiro atoms. The molecule has 0 aliphatic heterocycles. The zero-order chi connectivity index (χ0) is 12.1. The molecule has 16 heavy (non-hydrogen) atoms. The minimum Gasteiger partial charge on any atom is -0.496 e. The topological polar surface area (TPSA) is 29.5 Å². The minimum atomic E-state index is 0.0589. The van der Waals surface area contributed by atoms with Crippen molar-refractivity contribution in [3.05, 3.63) is 29.3 Å². The predicted molar refractivity (Wildman–Crippen MR) is 68.0 cm³/mol. The van der Waals surface area contributed by atoms with Crippen LogP contribution in [0.3, 0.4) is 0 Å². The van der Waals surface area contributed by atoms with E-state index in [9.17, 15) is 4.79 Å². The van der Waals surface area contributed by atoms with Crippen molar-refractivity contribution in [1.29, 1.82) is 0 Å². The van der Waals surface area contributed by atoms with Gasteiger partial charge in [-0.15, -0.1) is 0 Å². The highest BCUT2D eigenvalue weighted by molar-refractivity contribution is 9.09. The highest BCUT2D eigenvalue weighted by Gasteiger charge is 2.10. The number of amides is 1. The van der Waals surface area contributed by atoms with Crippen LogP contribution in [-0.2, 0) is 11.3 Å². The lowest BCUT2D eigenvalue weighted by atomic mass is 10.1. The standard InChI is InChI=1S/C12H16BrNO2/c1-9-4-5-11(16-3)10(6-9)8-14(2)12(15)7-13/h4-6H,7-8H2,1-3H3.